The summed E-state index contributed by atoms with van der Waals surface area (Å²) in [5.41, 5.74) is 5.71. The van der Waals surface area contributed by atoms with Crippen LogP contribution in [0.5, 0.6) is 0 Å². The highest BCUT2D eigenvalue weighted by Gasteiger charge is 2.58. The van der Waals surface area contributed by atoms with E-state index in [9.17, 15) is 14.9 Å². The summed E-state index contributed by atoms with van der Waals surface area (Å²) in [4.78, 5) is 32.7. The summed E-state index contributed by atoms with van der Waals surface area (Å²) in [5.74, 6) is 1.48. The van der Waals surface area contributed by atoms with Crippen LogP contribution in [0, 0.1) is 40.0 Å². The van der Waals surface area contributed by atoms with Gasteiger partial charge in [0, 0.05) is 18.5 Å². The number of hydrogen-bond donors (Lipinski definition) is 2. The molecule has 0 aromatic heterocycles. The molecule has 7 heteroatoms. The summed E-state index contributed by atoms with van der Waals surface area (Å²) in [6, 6.07) is 10.0. The summed E-state index contributed by atoms with van der Waals surface area (Å²) < 4.78 is 0. The van der Waals surface area contributed by atoms with Crippen molar-refractivity contribution in [2.75, 3.05) is 6.54 Å². The van der Waals surface area contributed by atoms with Crippen molar-refractivity contribution in [3.63, 3.8) is 0 Å². The average molecular weight is 434 g/mol. The summed E-state index contributed by atoms with van der Waals surface area (Å²) in [6.45, 7) is 3.11. The summed E-state index contributed by atoms with van der Waals surface area (Å²) in [5, 5.41) is 12.3. The van der Waals surface area contributed by atoms with Gasteiger partial charge < -0.3 is 10.6 Å². The molecule has 5 fully saturated rings. The molecule has 1 aromatic rings. The van der Waals surface area contributed by atoms with Gasteiger partial charge in [-0.3, -0.25) is 19.9 Å². The molecule has 2 amide bonds. The zero-order valence-electron chi connectivity index (χ0n) is 18.6. The highest BCUT2D eigenvalue weighted by molar-refractivity contribution is 6.09. The van der Waals surface area contributed by atoms with E-state index in [1.807, 2.05) is 48.3 Å². The smallest absolute Gasteiger partial charge is 0.236 e. The van der Waals surface area contributed by atoms with Gasteiger partial charge >= 0.3 is 0 Å². The molecule has 0 spiro atoms. The number of benzene rings is 1. The second-order valence-corrected chi connectivity index (χ2v) is 10.6. The normalized spacial score (nSPS) is 38.1. The van der Waals surface area contributed by atoms with E-state index in [0.717, 1.165) is 37.7 Å². The van der Waals surface area contributed by atoms with E-state index in [1.165, 1.54) is 0 Å². The van der Waals surface area contributed by atoms with Crippen LogP contribution in [0.25, 0.3) is 0 Å². The van der Waals surface area contributed by atoms with Crippen molar-refractivity contribution < 1.29 is 9.59 Å². The van der Waals surface area contributed by atoms with Crippen molar-refractivity contribution in [2.24, 2.45) is 39.3 Å². The first kappa shape index (κ1) is 21.0. The Morgan fingerprint density at radius 2 is 1.94 bits per heavy atom. The molecule has 1 aromatic carbocycles. The number of amidine groups is 1. The summed E-state index contributed by atoms with van der Waals surface area (Å²) >= 11 is 0. The number of hydrogen-bond acceptors (Lipinski definition) is 4. The van der Waals surface area contributed by atoms with E-state index in [0.29, 0.717) is 43.1 Å². The topological polar surface area (TPSA) is 112 Å². The number of amides is 2. The number of nitriles is 1. The van der Waals surface area contributed by atoms with Crippen LogP contribution < -0.4 is 11.1 Å². The second-order valence-electron chi connectivity index (χ2n) is 10.6. The molecule has 1 heterocycles. The third-order valence-electron chi connectivity index (χ3n) is 8.58. The van der Waals surface area contributed by atoms with Crippen molar-refractivity contribution in [2.45, 2.75) is 58.0 Å². The van der Waals surface area contributed by atoms with E-state index >= 15 is 0 Å². The maximum absolute atomic E-state index is 13.5. The number of nitrogens with two attached hydrogens (primary N) is 1. The maximum Gasteiger partial charge on any atom is 0.236 e. The quantitative estimate of drug-likeness (QED) is 0.322. The predicted molar refractivity (Wildman–Crippen MR) is 120 cm³/mol. The third kappa shape index (κ3) is 3.28. The highest BCUT2D eigenvalue weighted by atomic mass is 16.2. The van der Waals surface area contributed by atoms with E-state index in [2.05, 4.69) is 5.32 Å². The zero-order chi connectivity index (χ0) is 22.5. The van der Waals surface area contributed by atoms with Gasteiger partial charge in [-0.1, -0.05) is 30.3 Å². The molecule has 0 radical (unpaired) electrons. The van der Waals surface area contributed by atoms with Crippen LogP contribution in [0.1, 0.15) is 51.0 Å². The molecule has 168 valence electrons. The van der Waals surface area contributed by atoms with Crippen LogP contribution in [0.15, 0.2) is 35.3 Å². The Balaban J connectivity index is 1.40. The number of nitrogens with zero attached hydrogens (tertiary/aromatic N) is 3. The maximum atomic E-state index is 13.5. The van der Waals surface area contributed by atoms with Crippen LogP contribution in [0.4, 0.5) is 0 Å². The van der Waals surface area contributed by atoms with Gasteiger partial charge in [0.05, 0.1) is 6.04 Å². The minimum Gasteiger partial charge on any atom is -0.369 e. The molecule has 4 saturated carbocycles. The molecule has 1 saturated heterocycles. The van der Waals surface area contributed by atoms with E-state index < -0.39 is 5.41 Å². The fourth-order valence-electron chi connectivity index (χ4n) is 7.12. The van der Waals surface area contributed by atoms with E-state index in [-0.39, 0.29) is 23.3 Å². The van der Waals surface area contributed by atoms with Crippen LogP contribution in [-0.2, 0) is 16.1 Å². The lowest BCUT2D eigenvalue weighted by Gasteiger charge is -2.57. The number of primary amides is 1. The minimum absolute atomic E-state index is 0.0141. The lowest BCUT2D eigenvalue weighted by Crippen LogP contribution is -2.58. The molecule has 4 bridgehead atoms. The Morgan fingerprint density at radius 1 is 1.25 bits per heavy atom. The fourth-order valence-corrected chi connectivity index (χ4v) is 7.12. The Morgan fingerprint density at radius 3 is 2.56 bits per heavy atom. The Labute approximate surface area is 189 Å². The Bertz CT molecular complexity index is 983. The second kappa shape index (κ2) is 7.61. The SMILES string of the molecule is CC1(C(=NC2C3CC4CC2CC(C(N)=O)(C4)C3)NC#N)CCN(Cc2ccccc2)C1=O. The first-order valence-corrected chi connectivity index (χ1v) is 11.7. The number of rotatable bonds is 5. The molecular weight excluding hydrogens is 402 g/mol. The number of likely N-dealkylation sites (tertiary alicyclic amines) is 1. The molecule has 3 unspecified atom stereocenters. The molecule has 5 aliphatic rings. The number of nitrogens with one attached hydrogen (secondary N) is 1. The molecule has 1 aliphatic heterocycles. The standard InChI is InChI=1S/C25H31N5O2/c1-24(7-8-30(23(24)32)14-16-5-3-2-4-6-16)22(28-15-26)29-20-18-9-17-10-19(20)13-25(11-17,12-18)21(27)31/h2-6,17-20H,7-14H2,1H3,(H2,27,31)(H,28,29). The van der Waals surface area contributed by atoms with Gasteiger partial charge in [0.1, 0.15) is 11.3 Å². The minimum atomic E-state index is -0.833. The van der Waals surface area contributed by atoms with Crippen molar-refractivity contribution in [1.29, 1.82) is 5.26 Å². The Kier molecular flexibility index (Phi) is 4.99. The van der Waals surface area contributed by atoms with Gasteiger partial charge in [0.25, 0.3) is 0 Å². The number of carbonyl (C=O) groups is 2. The highest BCUT2D eigenvalue weighted by Crippen LogP contribution is 2.60. The largest absolute Gasteiger partial charge is 0.369 e. The van der Waals surface area contributed by atoms with Crippen molar-refractivity contribution in [3.05, 3.63) is 35.9 Å². The van der Waals surface area contributed by atoms with Gasteiger partial charge in [0.15, 0.2) is 6.19 Å². The van der Waals surface area contributed by atoms with Gasteiger partial charge in [-0.2, -0.15) is 5.26 Å². The van der Waals surface area contributed by atoms with Crippen LogP contribution in [0.2, 0.25) is 0 Å². The Hall–Kier alpha value is -2.88. The molecule has 4 aliphatic carbocycles. The number of aliphatic imine (C=N–C) groups is 1. The molecule has 32 heavy (non-hydrogen) atoms. The average Bonchev–Trinajstić information content (AvgIpc) is 3.05. The predicted octanol–water partition coefficient (Wildman–Crippen LogP) is 2.57. The summed E-state index contributed by atoms with van der Waals surface area (Å²) in [7, 11) is 0. The first-order chi connectivity index (χ1) is 15.3. The molecule has 3 atom stereocenters. The third-order valence-corrected chi connectivity index (χ3v) is 8.58. The van der Waals surface area contributed by atoms with Crippen LogP contribution >= 0.6 is 0 Å². The first-order valence-electron chi connectivity index (χ1n) is 11.7. The van der Waals surface area contributed by atoms with Gasteiger partial charge in [-0.25, -0.2) is 0 Å². The van der Waals surface area contributed by atoms with E-state index in [4.69, 9.17) is 10.7 Å². The van der Waals surface area contributed by atoms with Crippen molar-refractivity contribution >= 4 is 17.6 Å². The summed E-state index contributed by atoms with van der Waals surface area (Å²) in [6.07, 6.45) is 7.26. The monoisotopic (exact) mass is 433 g/mol. The van der Waals surface area contributed by atoms with Crippen LogP contribution in [-0.4, -0.2) is 35.1 Å². The molecule has 3 N–H and O–H groups in total. The fraction of sp³-hybridized carbons (Fsp3) is 0.600. The molecule has 7 nitrogen and oxygen atoms in total. The van der Waals surface area contributed by atoms with Gasteiger partial charge in [-0.15, -0.1) is 0 Å². The number of carbonyl (C=O) groups excluding carboxylic acids is 2. The molecular formula is C25H31N5O2. The van der Waals surface area contributed by atoms with Crippen molar-refractivity contribution in [1.82, 2.24) is 10.2 Å². The van der Waals surface area contributed by atoms with Crippen molar-refractivity contribution in [3.8, 4) is 6.19 Å². The van der Waals surface area contributed by atoms with Crippen LogP contribution in [0.3, 0.4) is 0 Å². The van der Waals surface area contributed by atoms with Gasteiger partial charge in [-0.05, 0) is 68.8 Å². The zero-order valence-corrected chi connectivity index (χ0v) is 18.6. The lowest BCUT2D eigenvalue weighted by molar-refractivity contribution is -0.144. The van der Waals surface area contributed by atoms with Gasteiger partial charge in [0.2, 0.25) is 11.8 Å². The lowest BCUT2D eigenvalue weighted by atomic mass is 9.47. The van der Waals surface area contributed by atoms with E-state index in [1.54, 1.807) is 0 Å². The molecule has 6 rings (SSSR count).